The van der Waals surface area contributed by atoms with Gasteiger partial charge in [0.1, 0.15) is 4.88 Å². The van der Waals surface area contributed by atoms with Gasteiger partial charge in [-0.25, -0.2) is 9.78 Å². The molecule has 0 spiro atoms. The molecule has 7 heteroatoms. The average molecular weight is 286 g/mol. The van der Waals surface area contributed by atoms with Crippen molar-refractivity contribution >= 4 is 28.2 Å². The predicted molar refractivity (Wildman–Crippen MR) is 73.0 cm³/mol. The largest absolute Gasteiger partial charge is 0.464 e. The van der Waals surface area contributed by atoms with E-state index in [0.29, 0.717) is 16.6 Å². The van der Waals surface area contributed by atoms with Gasteiger partial charge in [-0.1, -0.05) is 11.3 Å². The summed E-state index contributed by atoms with van der Waals surface area (Å²) in [5.74, 6) is -0.822. The molecule has 0 aliphatic rings. The first kappa shape index (κ1) is 15.6. The molecule has 0 saturated heterocycles. The van der Waals surface area contributed by atoms with E-state index in [4.69, 9.17) is 4.74 Å². The third-order valence-electron chi connectivity index (χ3n) is 2.54. The van der Waals surface area contributed by atoms with Gasteiger partial charge >= 0.3 is 5.97 Å². The fraction of sp³-hybridized carbons (Fsp3) is 0.583. The maximum Gasteiger partial charge on any atom is 0.358 e. The van der Waals surface area contributed by atoms with Gasteiger partial charge in [-0.15, -0.1) is 0 Å². The van der Waals surface area contributed by atoms with Crippen molar-refractivity contribution in [2.24, 2.45) is 0 Å². The number of ether oxygens (including phenoxy) is 2. The lowest BCUT2D eigenvalue weighted by atomic mass is 10.1. The summed E-state index contributed by atoms with van der Waals surface area (Å²) in [5.41, 5.74) is -0.314. The highest BCUT2D eigenvalue weighted by Crippen LogP contribution is 2.25. The number of nitrogens with zero attached hydrogens (tertiary/aromatic N) is 1. The second kappa shape index (κ2) is 6.12. The molecule has 1 N–H and O–H groups in total. The van der Waals surface area contributed by atoms with E-state index >= 15 is 0 Å². The Morgan fingerprint density at radius 3 is 2.47 bits per heavy atom. The zero-order chi connectivity index (χ0) is 14.6. The Morgan fingerprint density at radius 2 is 2.00 bits per heavy atom. The summed E-state index contributed by atoms with van der Waals surface area (Å²) >= 11 is 1.13. The van der Waals surface area contributed by atoms with Gasteiger partial charge in [0.05, 0.1) is 12.7 Å². The second-order valence-corrected chi connectivity index (χ2v) is 5.56. The zero-order valence-corrected chi connectivity index (χ0v) is 12.5. The molecule has 0 aliphatic heterocycles. The van der Waals surface area contributed by atoms with Gasteiger partial charge in [0.25, 0.3) is 0 Å². The number of thiazole rings is 1. The standard InChI is InChI=1S/C12H18N2O4S/c1-7(15)9-8(10(16)17-4)14-11(19-9)13-6-12(2,3)18-5/h6H2,1-5H3,(H,13,14). The summed E-state index contributed by atoms with van der Waals surface area (Å²) in [4.78, 5) is 27.4. The van der Waals surface area contributed by atoms with E-state index in [1.807, 2.05) is 13.8 Å². The first-order valence-electron chi connectivity index (χ1n) is 5.70. The van der Waals surface area contributed by atoms with E-state index in [0.717, 1.165) is 11.3 Å². The Morgan fingerprint density at radius 1 is 1.37 bits per heavy atom. The number of ketones is 1. The third-order valence-corrected chi connectivity index (χ3v) is 3.66. The lowest BCUT2D eigenvalue weighted by molar-refractivity contribution is 0.0344. The van der Waals surface area contributed by atoms with Gasteiger partial charge in [-0.2, -0.15) is 0 Å². The van der Waals surface area contributed by atoms with Gasteiger partial charge in [-0.3, -0.25) is 4.79 Å². The Hall–Kier alpha value is -1.47. The lowest BCUT2D eigenvalue weighted by Crippen LogP contribution is -2.32. The van der Waals surface area contributed by atoms with Crippen LogP contribution in [0.4, 0.5) is 5.13 Å². The van der Waals surface area contributed by atoms with Gasteiger partial charge in [-0.05, 0) is 13.8 Å². The molecule has 1 aromatic heterocycles. The van der Waals surface area contributed by atoms with Gasteiger partial charge in [0, 0.05) is 20.6 Å². The monoisotopic (exact) mass is 286 g/mol. The van der Waals surface area contributed by atoms with E-state index in [1.165, 1.54) is 14.0 Å². The summed E-state index contributed by atoms with van der Waals surface area (Å²) in [6.07, 6.45) is 0. The van der Waals surface area contributed by atoms with Crippen LogP contribution in [0.3, 0.4) is 0 Å². The average Bonchev–Trinajstić information content (AvgIpc) is 2.80. The second-order valence-electron chi connectivity index (χ2n) is 4.56. The minimum Gasteiger partial charge on any atom is -0.464 e. The number of esters is 1. The van der Waals surface area contributed by atoms with Crippen LogP contribution in [0.5, 0.6) is 0 Å². The molecule has 0 unspecified atom stereocenters. The summed E-state index contributed by atoms with van der Waals surface area (Å²) < 4.78 is 9.88. The molecule has 0 amide bonds. The van der Waals surface area contributed by atoms with Crippen LogP contribution in [0.2, 0.25) is 0 Å². The van der Waals surface area contributed by atoms with Gasteiger partial charge in [0.15, 0.2) is 16.6 Å². The Kier molecular flexibility index (Phi) is 5.02. The molecule has 0 atom stereocenters. The smallest absolute Gasteiger partial charge is 0.358 e. The van der Waals surface area contributed by atoms with Crippen LogP contribution in [0.25, 0.3) is 0 Å². The van der Waals surface area contributed by atoms with Crippen molar-refractivity contribution in [2.45, 2.75) is 26.4 Å². The quantitative estimate of drug-likeness (QED) is 0.636. The van der Waals surface area contributed by atoms with Crippen LogP contribution in [-0.4, -0.2) is 43.1 Å². The number of nitrogens with one attached hydrogen (secondary N) is 1. The minimum atomic E-state index is -0.611. The molecular weight excluding hydrogens is 268 g/mol. The number of rotatable bonds is 6. The maximum atomic E-state index is 11.5. The van der Waals surface area contributed by atoms with Crippen LogP contribution in [0, 0.1) is 0 Å². The van der Waals surface area contributed by atoms with Gasteiger partial charge in [0.2, 0.25) is 0 Å². The summed E-state index contributed by atoms with van der Waals surface area (Å²) in [7, 11) is 2.87. The van der Waals surface area contributed by atoms with Crippen molar-refractivity contribution in [3.05, 3.63) is 10.6 Å². The third kappa shape index (κ3) is 4.00. The van der Waals surface area contributed by atoms with Crippen molar-refractivity contribution in [1.29, 1.82) is 0 Å². The molecule has 19 heavy (non-hydrogen) atoms. The van der Waals surface area contributed by atoms with Crippen molar-refractivity contribution in [3.63, 3.8) is 0 Å². The molecule has 0 radical (unpaired) electrons. The molecule has 0 saturated carbocycles. The molecule has 0 aliphatic carbocycles. The number of anilines is 1. The number of carbonyl (C=O) groups is 2. The molecule has 1 rings (SSSR count). The van der Waals surface area contributed by atoms with Crippen LogP contribution in [0.1, 0.15) is 40.9 Å². The highest BCUT2D eigenvalue weighted by Gasteiger charge is 2.23. The molecule has 1 heterocycles. The molecule has 0 aromatic carbocycles. The summed E-state index contributed by atoms with van der Waals surface area (Å²) in [6.45, 7) is 5.74. The summed E-state index contributed by atoms with van der Waals surface area (Å²) in [5, 5.41) is 3.55. The fourth-order valence-corrected chi connectivity index (χ4v) is 2.07. The predicted octanol–water partition coefficient (Wildman–Crippen LogP) is 1.97. The molecule has 106 valence electrons. The van der Waals surface area contributed by atoms with Crippen LogP contribution in [-0.2, 0) is 9.47 Å². The van der Waals surface area contributed by atoms with Crippen LogP contribution in [0.15, 0.2) is 0 Å². The Labute approximate surface area is 116 Å². The van der Waals surface area contributed by atoms with Crippen LogP contribution >= 0.6 is 11.3 Å². The Balaban J connectivity index is 2.93. The van der Waals surface area contributed by atoms with Crippen molar-refractivity contribution in [3.8, 4) is 0 Å². The highest BCUT2D eigenvalue weighted by molar-refractivity contribution is 7.17. The molecule has 1 aromatic rings. The number of carbonyl (C=O) groups excluding carboxylic acids is 2. The number of methoxy groups -OCH3 is 2. The first-order chi connectivity index (χ1) is 8.80. The van der Waals surface area contributed by atoms with E-state index < -0.39 is 5.97 Å². The first-order valence-corrected chi connectivity index (χ1v) is 6.51. The van der Waals surface area contributed by atoms with E-state index in [-0.39, 0.29) is 17.1 Å². The van der Waals surface area contributed by atoms with Crippen molar-refractivity contribution in [2.75, 3.05) is 26.1 Å². The molecule has 0 fully saturated rings. The topological polar surface area (TPSA) is 77.5 Å². The lowest BCUT2D eigenvalue weighted by Gasteiger charge is -2.22. The fourth-order valence-electron chi connectivity index (χ4n) is 1.23. The summed E-state index contributed by atoms with van der Waals surface area (Å²) in [6, 6.07) is 0. The van der Waals surface area contributed by atoms with E-state index in [1.54, 1.807) is 7.11 Å². The SMILES string of the molecule is COC(=O)c1nc(NCC(C)(C)OC)sc1C(C)=O. The van der Waals surface area contributed by atoms with E-state index in [2.05, 4.69) is 15.0 Å². The maximum absolute atomic E-state index is 11.5. The molecule has 6 nitrogen and oxygen atoms in total. The number of Topliss-reactive ketones (excluding diaryl/α,β-unsaturated/α-hetero) is 1. The van der Waals surface area contributed by atoms with Crippen LogP contribution < -0.4 is 5.32 Å². The van der Waals surface area contributed by atoms with Gasteiger partial charge < -0.3 is 14.8 Å². The molecular formula is C12H18N2O4S. The molecule has 0 bridgehead atoms. The van der Waals surface area contributed by atoms with E-state index in [9.17, 15) is 9.59 Å². The van der Waals surface area contributed by atoms with Crippen molar-refractivity contribution < 1.29 is 19.1 Å². The Bertz CT molecular complexity index is 482. The number of hydrogen-bond acceptors (Lipinski definition) is 7. The highest BCUT2D eigenvalue weighted by atomic mass is 32.1. The number of hydrogen-bond donors (Lipinski definition) is 1. The minimum absolute atomic E-state index is 0.0534. The zero-order valence-electron chi connectivity index (χ0n) is 11.7. The normalized spacial score (nSPS) is 11.2. The van der Waals surface area contributed by atoms with Crippen molar-refractivity contribution in [1.82, 2.24) is 4.98 Å². The number of aromatic nitrogens is 1.